The summed E-state index contributed by atoms with van der Waals surface area (Å²) in [6, 6.07) is 0. The van der Waals surface area contributed by atoms with Crippen molar-refractivity contribution in [3.63, 3.8) is 0 Å². The molecule has 4 aliphatic rings. The monoisotopic (exact) mass is 386 g/mol. The van der Waals surface area contributed by atoms with Crippen molar-refractivity contribution in [3.05, 3.63) is 11.6 Å². The molecule has 0 aromatic heterocycles. The number of hydrogen-bond donors (Lipinski definition) is 1. The molecule has 4 rings (SSSR count). The summed E-state index contributed by atoms with van der Waals surface area (Å²) >= 11 is 0. The first kappa shape index (κ1) is 20.2. The normalized spacial score (nSPS) is 46.2. The van der Waals surface area contributed by atoms with Crippen molar-refractivity contribution >= 4 is 11.8 Å². The quantitative estimate of drug-likeness (QED) is 0.642. The first-order valence-electron chi connectivity index (χ1n) is 11.6. The molecular formula is C25H38O3. The van der Waals surface area contributed by atoms with E-state index >= 15 is 0 Å². The molecule has 0 aliphatic heterocycles. The van der Waals surface area contributed by atoms with E-state index in [1.807, 2.05) is 6.08 Å². The van der Waals surface area contributed by atoms with Crippen LogP contribution >= 0.6 is 0 Å². The number of carboxylic acid groups (broad SMARTS) is 1. The standard InChI is InChI=1S/C25H38O3/c1-16(5-8-22(27)28)19-6-7-20-24(19,3)14-11-21-23(2)13-10-18(26)15-17(23)9-12-25(20,21)4/h15-16,19-21H,5-14H2,1-4H3,(H,27,28)/t16-,19-,20-,21-,23+,24-,25+/m1/s1. The Labute approximate surface area is 170 Å². The van der Waals surface area contributed by atoms with E-state index < -0.39 is 5.97 Å². The number of carboxylic acids is 1. The molecule has 0 saturated heterocycles. The van der Waals surface area contributed by atoms with Crippen LogP contribution in [0.15, 0.2) is 11.6 Å². The maximum atomic E-state index is 12.0. The summed E-state index contributed by atoms with van der Waals surface area (Å²) in [5.41, 5.74) is 2.38. The number of aliphatic carboxylic acids is 1. The first-order valence-corrected chi connectivity index (χ1v) is 11.6. The number of fused-ring (bicyclic) bond motifs is 5. The maximum Gasteiger partial charge on any atom is 0.303 e. The molecule has 28 heavy (non-hydrogen) atoms. The van der Waals surface area contributed by atoms with Crippen LogP contribution < -0.4 is 0 Å². The van der Waals surface area contributed by atoms with E-state index in [0.29, 0.717) is 40.8 Å². The Morgan fingerprint density at radius 1 is 1.07 bits per heavy atom. The lowest BCUT2D eigenvalue weighted by molar-refractivity contribution is -0.138. The van der Waals surface area contributed by atoms with Crippen LogP contribution in [0.25, 0.3) is 0 Å². The predicted octanol–water partition coefficient (Wildman–Crippen LogP) is 6.03. The van der Waals surface area contributed by atoms with Crippen LogP contribution in [0.2, 0.25) is 0 Å². The predicted molar refractivity (Wildman–Crippen MR) is 111 cm³/mol. The SMILES string of the molecule is C[C@H](CCC(=O)O)[C@H]1CC[C@@H]2[C@]1(C)CC[C@H]1[C@@]2(C)CCC2=CC(=O)CC[C@@]21C. The Hall–Kier alpha value is -1.12. The van der Waals surface area contributed by atoms with Gasteiger partial charge in [0.25, 0.3) is 0 Å². The third kappa shape index (κ3) is 2.82. The molecule has 156 valence electrons. The summed E-state index contributed by atoms with van der Waals surface area (Å²) in [6.07, 6.45) is 12.3. The fourth-order valence-electron chi connectivity index (χ4n) is 8.75. The molecule has 0 amide bonds. The van der Waals surface area contributed by atoms with E-state index in [9.17, 15) is 9.59 Å². The molecule has 3 fully saturated rings. The van der Waals surface area contributed by atoms with Gasteiger partial charge in [0.1, 0.15) is 0 Å². The van der Waals surface area contributed by atoms with Crippen LogP contribution in [0, 0.1) is 39.9 Å². The van der Waals surface area contributed by atoms with Crippen LogP contribution in [0.3, 0.4) is 0 Å². The van der Waals surface area contributed by atoms with Crippen LogP contribution in [-0.4, -0.2) is 16.9 Å². The van der Waals surface area contributed by atoms with Gasteiger partial charge >= 0.3 is 5.97 Å². The summed E-state index contributed by atoms with van der Waals surface area (Å²) in [4.78, 5) is 23.1. The van der Waals surface area contributed by atoms with E-state index in [0.717, 1.165) is 31.6 Å². The minimum Gasteiger partial charge on any atom is -0.481 e. The highest BCUT2D eigenvalue weighted by molar-refractivity contribution is 5.91. The smallest absolute Gasteiger partial charge is 0.303 e. The van der Waals surface area contributed by atoms with Gasteiger partial charge in [-0.2, -0.15) is 0 Å². The van der Waals surface area contributed by atoms with Crippen molar-refractivity contribution < 1.29 is 14.7 Å². The molecule has 0 aromatic rings. The summed E-state index contributed by atoms with van der Waals surface area (Å²) in [7, 11) is 0. The first-order chi connectivity index (χ1) is 13.1. The Kier molecular flexibility index (Phi) is 4.83. The molecule has 0 radical (unpaired) electrons. The number of carbonyl (C=O) groups excluding carboxylic acids is 1. The third-order valence-electron chi connectivity index (χ3n) is 10.1. The highest BCUT2D eigenvalue weighted by Gasteiger charge is 2.64. The van der Waals surface area contributed by atoms with Crippen LogP contribution in [-0.2, 0) is 9.59 Å². The molecule has 0 unspecified atom stereocenters. The Balaban J connectivity index is 1.61. The Morgan fingerprint density at radius 3 is 2.54 bits per heavy atom. The molecule has 3 nitrogen and oxygen atoms in total. The van der Waals surface area contributed by atoms with Gasteiger partial charge in [-0.1, -0.05) is 33.3 Å². The van der Waals surface area contributed by atoms with Gasteiger partial charge in [0.15, 0.2) is 5.78 Å². The maximum absolute atomic E-state index is 12.0. The van der Waals surface area contributed by atoms with E-state index in [2.05, 4.69) is 27.7 Å². The van der Waals surface area contributed by atoms with Crippen LogP contribution in [0.4, 0.5) is 0 Å². The average molecular weight is 387 g/mol. The molecule has 0 bridgehead atoms. The zero-order valence-corrected chi connectivity index (χ0v) is 18.2. The summed E-state index contributed by atoms with van der Waals surface area (Å²) < 4.78 is 0. The number of ketones is 1. The van der Waals surface area contributed by atoms with Gasteiger partial charge in [-0.15, -0.1) is 0 Å². The fourth-order valence-corrected chi connectivity index (χ4v) is 8.75. The Morgan fingerprint density at radius 2 is 1.82 bits per heavy atom. The topological polar surface area (TPSA) is 54.4 Å². The van der Waals surface area contributed by atoms with Crippen molar-refractivity contribution in [1.82, 2.24) is 0 Å². The van der Waals surface area contributed by atoms with Gasteiger partial charge in [-0.3, -0.25) is 9.59 Å². The molecule has 0 heterocycles. The number of hydrogen-bond acceptors (Lipinski definition) is 2. The molecule has 7 atom stereocenters. The number of carbonyl (C=O) groups is 2. The molecule has 1 N–H and O–H groups in total. The Bertz CT molecular complexity index is 709. The lowest BCUT2D eigenvalue weighted by Gasteiger charge is -2.64. The van der Waals surface area contributed by atoms with Crippen molar-refractivity contribution in [2.45, 2.75) is 91.9 Å². The average Bonchev–Trinajstić information content (AvgIpc) is 2.99. The van der Waals surface area contributed by atoms with Crippen molar-refractivity contribution in [2.24, 2.45) is 39.9 Å². The second kappa shape index (κ2) is 6.71. The zero-order valence-electron chi connectivity index (χ0n) is 18.2. The van der Waals surface area contributed by atoms with Crippen molar-refractivity contribution in [1.29, 1.82) is 0 Å². The van der Waals surface area contributed by atoms with Gasteiger partial charge in [-0.25, -0.2) is 0 Å². The van der Waals surface area contributed by atoms with Gasteiger partial charge in [0.05, 0.1) is 0 Å². The minimum atomic E-state index is -0.659. The minimum absolute atomic E-state index is 0.218. The van der Waals surface area contributed by atoms with Crippen LogP contribution in [0.5, 0.6) is 0 Å². The molecular weight excluding hydrogens is 348 g/mol. The number of allylic oxidation sites excluding steroid dienone is 1. The zero-order chi connectivity index (χ0) is 20.3. The highest BCUT2D eigenvalue weighted by atomic mass is 16.4. The van der Waals surface area contributed by atoms with Crippen molar-refractivity contribution in [2.75, 3.05) is 0 Å². The number of rotatable bonds is 4. The second-order valence-electron chi connectivity index (χ2n) is 11.3. The summed E-state index contributed by atoms with van der Waals surface area (Å²) in [5.74, 6) is 2.27. The molecule has 4 aliphatic carbocycles. The van der Waals surface area contributed by atoms with E-state index in [-0.39, 0.29) is 5.41 Å². The van der Waals surface area contributed by atoms with Gasteiger partial charge in [0, 0.05) is 12.8 Å². The van der Waals surface area contributed by atoms with Gasteiger partial charge < -0.3 is 5.11 Å². The molecule has 3 heteroatoms. The molecule has 3 saturated carbocycles. The fraction of sp³-hybridized carbons (Fsp3) is 0.840. The van der Waals surface area contributed by atoms with Crippen LogP contribution in [0.1, 0.15) is 91.9 Å². The largest absolute Gasteiger partial charge is 0.481 e. The molecule has 0 spiro atoms. The van der Waals surface area contributed by atoms with Gasteiger partial charge in [0.2, 0.25) is 0 Å². The molecule has 0 aromatic carbocycles. The van der Waals surface area contributed by atoms with E-state index in [1.54, 1.807) is 0 Å². The van der Waals surface area contributed by atoms with E-state index in [1.165, 1.54) is 37.7 Å². The third-order valence-corrected chi connectivity index (χ3v) is 10.1. The van der Waals surface area contributed by atoms with Gasteiger partial charge in [-0.05, 0) is 97.4 Å². The summed E-state index contributed by atoms with van der Waals surface area (Å²) in [6.45, 7) is 9.86. The highest BCUT2D eigenvalue weighted by Crippen LogP contribution is 2.72. The lowest BCUT2D eigenvalue weighted by atomic mass is 9.41. The second-order valence-corrected chi connectivity index (χ2v) is 11.3. The summed E-state index contributed by atoms with van der Waals surface area (Å²) in [5, 5.41) is 9.13. The van der Waals surface area contributed by atoms with E-state index in [4.69, 9.17) is 5.11 Å². The lowest BCUT2D eigenvalue weighted by Crippen LogP contribution is -2.56. The van der Waals surface area contributed by atoms with Crippen molar-refractivity contribution in [3.8, 4) is 0 Å².